The van der Waals surface area contributed by atoms with Crippen LogP contribution >= 0.6 is 11.6 Å². The first-order valence-corrected chi connectivity index (χ1v) is 8.02. The van der Waals surface area contributed by atoms with Crippen LogP contribution in [0.5, 0.6) is 5.75 Å². The third-order valence-corrected chi connectivity index (χ3v) is 4.24. The molecule has 1 atom stereocenters. The number of rotatable bonds is 3. The maximum atomic E-state index is 12.5. The van der Waals surface area contributed by atoms with Crippen molar-refractivity contribution in [2.45, 2.75) is 19.5 Å². The van der Waals surface area contributed by atoms with E-state index in [1.807, 2.05) is 43.3 Å². The fourth-order valence-electron chi connectivity index (χ4n) is 2.66. The molecule has 120 valence electrons. The quantitative estimate of drug-likeness (QED) is 0.935. The summed E-state index contributed by atoms with van der Waals surface area (Å²) in [6.07, 6.45) is 0. The van der Waals surface area contributed by atoms with Crippen LogP contribution < -0.4 is 10.1 Å². The highest BCUT2D eigenvalue weighted by Gasteiger charge is 2.24. The molecule has 1 heterocycles. The maximum absolute atomic E-state index is 12.5. The zero-order valence-corrected chi connectivity index (χ0v) is 13.7. The Labute approximate surface area is 141 Å². The van der Waals surface area contributed by atoms with E-state index in [0.717, 1.165) is 11.3 Å². The van der Waals surface area contributed by atoms with Gasteiger partial charge in [-0.3, -0.25) is 9.69 Å². The summed E-state index contributed by atoms with van der Waals surface area (Å²) >= 11 is 5.96. The Hall–Kier alpha value is -2.04. The molecule has 0 bridgehead atoms. The first kappa shape index (κ1) is 15.8. The van der Waals surface area contributed by atoms with Crippen LogP contribution in [0, 0.1) is 0 Å². The molecule has 4 nitrogen and oxygen atoms in total. The van der Waals surface area contributed by atoms with Crippen molar-refractivity contribution in [3.8, 4) is 5.75 Å². The van der Waals surface area contributed by atoms with E-state index in [0.29, 0.717) is 30.4 Å². The fraction of sp³-hybridized carbons (Fsp3) is 0.278. The number of hydrogen-bond acceptors (Lipinski definition) is 3. The summed E-state index contributed by atoms with van der Waals surface area (Å²) in [6, 6.07) is 14.9. The van der Waals surface area contributed by atoms with Gasteiger partial charge in [0.05, 0.1) is 6.04 Å². The van der Waals surface area contributed by atoms with Gasteiger partial charge in [0.15, 0.2) is 0 Å². The number of anilines is 1. The van der Waals surface area contributed by atoms with Gasteiger partial charge < -0.3 is 10.1 Å². The minimum absolute atomic E-state index is 0.0494. The van der Waals surface area contributed by atoms with Crippen LogP contribution in [0.25, 0.3) is 0 Å². The molecule has 2 aromatic rings. The smallest absolute Gasteiger partial charge is 0.241 e. The standard InChI is InChI=1S/C18H19ClN2O2/c1-13(18(22)20-16-7-4-6-15(19)11-16)21-9-10-23-17-8-3-2-5-14(17)12-21/h2-8,11,13H,9-10,12H2,1H3,(H,20,22). The first-order valence-electron chi connectivity index (χ1n) is 7.64. The molecule has 0 aliphatic carbocycles. The molecule has 0 radical (unpaired) electrons. The van der Waals surface area contributed by atoms with Crippen molar-refractivity contribution in [1.82, 2.24) is 4.90 Å². The fourth-order valence-corrected chi connectivity index (χ4v) is 2.85. The van der Waals surface area contributed by atoms with Crippen LogP contribution in [0.4, 0.5) is 5.69 Å². The minimum atomic E-state index is -0.260. The highest BCUT2D eigenvalue weighted by molar-refractivity contribution is 6.30. The molecule has 1 N–H and O–H groups in total. The number of benzene rings is 2. The van der Waals surface area contributed by atoms with E-state index < -0.39 is 0 Å². The molecule has 5 heteroatoms. The molecule has 0 saturated carbocycles. The van der Waals surface area contributed by atoms with Gasteiger partial charge in [-0.2, -0.15) is 0 Å². The van der Waals surface area contributed by atoms with Crippen LogP contribution in [0.15, 0.2) is 48.5 Å². The zero-order chi connectivity index (χ0) is 16.2. The van der Waals surface area contributed by atoms with Gasteiger partial charge in [-0.1, -0.05) is 35.9 Å². The van der Waals surface area contributed by atoms with Crippen molar-refractivity contribution < 1.29 is 9.53 Å². The van der Waals surface area contributed by atoms with Crippen LogP contribution in [0.1, 0.15) is 12.5 Å². The van der Waals surface area contributed by atoms with Gasteiger partial charge in [0.25, 0.3) is 0 Å². The molecule has 3 rings (SSSR count). The first-order chi connectivity index (χ1) is 11.1. The number of carbonyl (C=O) groups is 1. The molecule has 0 saturated heterocycles. The number of fused-ring (bicyclic) bond motifs is 1. The second-order valence-electron chi connectivity index (χ2n) is 5.60. The molecule has 2 aromatic carbocycles. The number of para-hydroxylation sites is 1. The molecule has 1 amide bonds. The maximum Gasteiger partial charge on any atom is 0.241 e. The third-order valence-electron chi connectivity index (χ3n) is 4.00. The normalized spacial score (nSPS) is 15.9. The van der Waals surface area contributed by atoms with Gasteiger partial charge in [0, 0.05) is 29.4 Å². The van der Waals surface area contributed by atoms with Gasteiger partial charge in [-0.15, -0.1) is 0 Å². The second kappa shape index (κ2) is 7.02. The van der Waals surface area contributed by atoms with Crippen LogP contribution in [-0.2, 0) is 11.3 Å². The van der Waals surface area contributed by atoms with Crippen LogP contribution in [0.3, 0.4) is 0 Å². The van der Waals surface area contributed by atoms with E-state index in [-0.39, 0.29) is 11.9 Å². The largest absolute Gasteiger partial charge is 0.492 e. The van der Waals surface area contributed by atoms with Crippen molar-refractivity contribution in [2.75, 3.05) is 18.5 Å². The van der Waals surface area contributed by atoms with Crippen molar-refractivity contribution >= 4 is 23.2 Å². The summed E-state index contributed by atoms with van der Waals surface area (Å²) in [5.41, 5.74) is 1.81. The molecule has 0 aromatic heterocycles. The topological polar surface area (TPSA) is 41.6 Å². The molecular weight excluding hydrogens is 312 g/mol. The van der Waals surface area contributed by atoms with E-state index >= 15 is 0 Å². The van der Waals surface area contributed by atoms with E-state index in [4.69, 9.17) is 16.3 Å². The predicted molar refractivity (Wildman–Crippen MR) is 91.9 cm³/mol. The minimum Gasteiger partial charge on any atom is -0.492 e. The zero-order valence-electron chi connectivity index (χ0n) is 13.0. The van der Waals surface area contributed by atoms with Crippen molar-refractivity contribution in [1.29, 1.82) is 0 Å². The van der Waals surface area contributed by atoms with Gasteiger partial charge >= 0.3 is 0 Å². The number of amides is 1. The molecule has 23 heavy (non-hydrogen) atoms. The lowest BCUT2D eigenvalue weighted by molar-refractivity contribution is -0.121. The van der Waals surface area contributed by atoms with E-state index in [1.54, 1.807) is 12.1 Å². The number of nitrogens with one attached hydrogen (secondary N) is 1. The van der Waals surface area contributed by atoms with E-state index in [2.05, 4.69) is 10.2 Å². The number of hydrogen-bond donors (Lipinski definition) is 1. The van der Waals surface area contributed by atoms with Gasteiger partial charge in [0.1, 0.15) is 12.4 Å². The Kier molecular flexibility index (Phi) is 4.84. The summed E-state index contributed by atoms with van der Waals surface area (Å²) in [4.78, 5) is 14.6. The Balaban J connectivity index is 1.70. The third kappa shape index (κ3) is 3.84. The summed E-state index contributed by atoms with van der Waals surface area (Å²) in [5, 5.41) is 3.52. The molecular formula is C18H19ClN2O2. The summed E-state index contributed by atoms with van der Waals surface area (Å²) in [5.74, 6) is 0.851. The predicted octanol–water partition coefficient (Wildman–Crippen LogP) is 3.56. The lowest BCUT2D eigenvalue weighted by Crippen LogP contribution is -2.42. The Morgan fingerprint density at radius 1 is 1.26 bits per heavy atom. The van der Waals surface area contributed by atoms with Crippen molar-refractivity contribution in [2.24, 2.45) is 0 Å². The Morgan fingerprint density at radius 2 is 2.09 bits per heavy atom. The molecule has 1 aliphatic heterocycles. The SMILES string of the molecule is CC(C(=O)Nc1cccc(Cl)c1)N1CCOc2ccccc2C1. The average Bonchev–Trinajstić information content (AvgIpc) is 2.76. The number of carbonyl (C=O) groups excluding carboxylic acids is 1. The lowest BCUT2D eigenvalue weighted by Gasteiger charge is -2.26. The van der Waals surface area contributed by atoms with Crippen LogP contribution in [0.2, 0.25) is 5.02 Å². The Bertz CT molecular complexity index is 705. The molecule has 0 fully saturated rings. The second-order valence-corrected chi connectivity index (χ2v) is 6.04. The number of ether oxygens (including phenoxy) is 1. The Morgan fingerprint density at radius 3 is 2.91 bits per heavy atom. The monoisotopic (exact) mass is 330 g/mol. The summed E-state index contributed by atoms with van der Waals surface area (Å²) in [7, 11) is 0. The number of nitrogens with zero attached hydrogens (tertiary/aromatic N) is 1. The number of halogens is 1. The molecule has 1 aliphatic rings. The van der Waals surface area contributed by atoms with E-state index in [1.165, 1.54) is 0 Å². The van der Waals surface area contributed by atoms with Gasteiger partial charge in [0.2, 0.25) is 5.91 Å². The average molecular weight is 331 g/mol. The molecule has 0 spiro atoms. The van der Waals surface area contributed by atoms with Crippen molar-refractivity contribution in [3.63, 3.8) is 0 Å². The summed E-state index contributed by atoms with van der Waals surface area (Å²) < 4.78 is 5.75. The molecule has 1 unspecified atom stereocenters. The summed E-state index contributed by atoms with van der Waals surface area (Å²) in [6.45, 7) is 3.89. The van der Waals surface area contributed by atoms with Crippen molar-refractivity contribution in [3.05, 3.63) is 59.1 Å². The van der Waals surface area contributed by atoms with E-state index in [9.17, 15) is 4.79 Å². The van der Waals surface area contributed by atoms with Gasteiger partial charge in [-0.25, -0.2) is 0 Å². The lowest BCUT2D eigenvalue weighted by atomic mass is 10.1. The van der Waals surface area contributed by atoms with Gasteiger partial charge in [-0.05, 0) is 31.2 Å². The highest BCUT2D eigenvalue weighted by Crippen LogP contribution is 2.24. The van der Waals surface area contributed by atoms with Crippen LogP contribution in [-0.4, -0.2) is 30.0 Å². The highest BCUT2D eigenvalue weighted by atomic mass is 35.5.